The Morgan fingerprint density at radius 2 is 2.00 bits per heavy atom. The molecule has 0 aliphatic rings. The summed E-state index contributed by atoms with van der Waals surface area (Å²) < 4.78 is 12.2. The highest BCUT2D eigenvalue weighted by Crippen LogP contribution is 2.22. The van der Waals surface area contributed by atoms with Crippen molar-refractivity contribution < 1.29 is 13.9 Å². The number of hydrogen-bond donors (Lipinski definition) is 2. The van der Waals surface area contributed by atoms with Gasteiger partial charge in [-0.2, -0.15) is 0 Å². The smallest absolute Gasteiger partial charge is 0.330 e. The van der Waals surface area contributed by atoms with Crippen molar-refractivity contribution >= 4 is 17.4 Å². The van der Waals surface area contributed by atoms with Gasteiger partial charge in [-0.3, -0.25) is 19.1 Å². The van der Waals surface area contributed by atoms with Gasteiger partial charge >= 0.3 is 5.69 Å². The molecule has 0 aliphatic carbocycles. The number of amides is 1. The molecule has 10 nitrogen and oxygen atoms in total. The minimum absolute atomic E-state index is 0.0290. The second-order valence-corrected chi connectivity index (χ2v) is 8.37. The number of aryl methyl sites for hydroxylation is 1. The quantitative estimate of drug-likeness (QED) is 0.412. The van der Waals surface area contributed by atoms with E-state index >= 15 is 0 Å². The van der Waals surface area contributed by atoms with Crippen LogP contribution in [0.25, 0.3) is 11.3 Å². The molecule has 1 aromatic carbocycles. The van der Waals surface area contributed by atoms with Gasteiger partial charge < -0.3 is 19.8 Å². The lowest BCUT2D eigenvalue weighted by atomic mass is 10.2. The van der Waals surface area contributed by atoms with E-state index in [1.54, 1.807) is 13.3 Å². The first-order valence-electron chi connectivity index (χ1n) is 11.2. The SMILES string of the molecule is COCCCN(C(=O)CCc1ncc(-c2ccccc2)o1)c1c(N)n(CC(C)C)c(=O)[nH]c1=O. The van der Waals surface area contributed by atoms with Gasteiger partial charge in [0, 0.05) is 45.2 Å². The van der Waals surface area contributed by atoms with Crippen LogP contribution < -0.4 is 21.9 Å². The molecule has 0 saturated carbocycles. The molecule has 3 aromatic rings. The van der Waals surface area contributed by atoms with E-state index in [1.165, 1.54) is 9.47 Å². The summed E-state index contributed by atoms with van der Waals surface area (Å²) in [6.45, 7) is 4.78. The number of hydrogen-bond acceptors (Lipinski definition) is 7. The van der Waals surface area contributed by atoms with Gasteiger partial charge in [-0.15, -0.1) is 0 Å². The van der Waals surface area contributed by atoms with E-state index in [2.05, 4.69) is 9.97 Å². The highest BCUT2D eigenvalue weighted by Gasteiger charge is 2.24. The zero-order valence-electron chi connectivity index (χ0n) is 19.7. The maximum atomic E-state index is 13.2. The Balaban J connectivity index is 1.84. The summed E-state index contributed by atoms with van der Waals surface area (Å²) in [7, 11) is 1.56. The van der Waals surface area contributed by atoms with Gasteiger partial charge in [0.05, 0.1) is 6.20 Å². The molecule has 3 N–H and O–H groups in total. The monoisotopic (exact) mass is 469 g/mol. The normalized spacial score (nSPS) is 11.2. The average Bonchev–Trinajstić information content (AvgIpc) is 3.29. The van der Waals surface area contributed by atoms with Crippen molar-refractivity contribution in [2.45, 2.75) is 39.7 Å². The Morgan fingerprint density at radius 1 is 1.26 bits per heavy atom. The second-order valence-electron chi connectivity index (χ2n) is 8.37. The molecule has 3 rings (SSSR count). The number of aromatic amines is 1. The highest BCUT2D eigenvalue weighted by molar-refractivity contribution is 5.95. The second kappa shape index (κ2) is 11.5. The fourth-order valence-electron chi connectivity index (χ4n) is 3.62. The summed E-state index contributed by atoms with van der Waals surface area (Å²) in [4.78, 5) is 46.1. The van der Waals surface area contributed by atoms with Gasteiger partial charge in [0.25, 0.3) is 5.56 Å². The van der Waals surface area contributed by atoms with E-state index < -0.39 is 11.2 Å². The molecule has 0 fully saturated rings. The standard InChI is InChI=1S/C24H31N5O5/c1-16(2)15-29-22(25)21(23(31)27-24(29)32)28(12-7-13-33-3)20(30)11-10-19-26-14-18(34-19)17-8-5-4-6-9-17/h4-6,8-9,14,16H,7,10-13,15,25H2,1-3H3,(H,27,31,32). The Hall–Kier alpha value is -3.66. The van der Waals surface area contributed by atoms with Crippen molar-refractivity contribution in [3.8, 4) is 11.3 Å². The first-order valence-corrected chi connectivity index (χ1v) is 11.2. The first kappa shape index (κ1) is 25.0. The summed E-state index contributed by atoms with van der Waals surface area (Å²) in [5, 5.41) is 0. The minimum Gasteiger partial charge on any atom is -0.441 e. The summed E-state index contributed by atoms with van der Waals surface area (Å²) in [5.41, 5.74) is 5.80. The lowest BCUT2D eigenvalue weighted by Crippen LogP contribution is -2.42. The zero-order chi connectivity index (χ0) is 24.7. The predicted molar refractivity (Wildman–Crippen MR) is 130 cm³/mol. The number of nitrogens with one attached hydrogen (secondary N) is 1. The number of carbonyl (C=O) groups excluding carboxylic acids is 1. The lowest BCUT2D eigenvalue weighted by Gasteiger charge is -2.25. The Kier molecular flexibility index (Phi) is 8.42. The fraction of sp³-hybridized carbons (Fsp3) is 0.417. The van der Waals surface area contributed by atoms with Crippen LogP contribution in [-0.4, -0.2) is 40.7 Å². The third kappa shape index (κ3) is 6.02. The predicted octanol–water partition coefficient (Wildman–Crippen LogP) is 2.43. The minimum atomic E-state index is -0.698. The van der Waals surface area contributed by atoms with Gasteiger partial charge in [0.1, 0.15) is 5.82 Å². The van der Waals surface area contributed by atoms with Crippen molar-refractivity contribution in [3.63, 3.8) is 0 Å². The van der Waals surface area contributed by atoms with Crippen molar-refractivity contribution in [3.05, 3.63) is 63.3 Å². The number of aromatic nitrogens is 3. The largest absolute Gasteiger partial charge is 0.441 e. The molecular formula is C24H31N5O5. The lowest BCUT2D eigenvalue weighted by molar-refractivity contribution is -0.118. The number of anilines is 2. The van der Waals surface area contributed by atoms with E-state index in [0.29, 0.717) is 31.2 Å². The van der Waals surface area contributed by atoms with Crippen molar-refractivity contribution in [2.75, 3.05) is 30.9 Å². The number of ether oxygens (including phenoxy) is 1. The average molecular weight is 470 g/mol. The number of H-pyrrole nitrogens is 1. The molecule has 2 aromatic heterocycles. The number of rotatable bonds is 11. The maximum absolute atomic E-state index is 13.2. The zero-order valence-corrected chi connectivity index (χ0v) is 19.7. The fourth-order valence-corrected chi connectivity index (χ4v) is 3.62. The number of oxazole rings is 1. The molecule has 34 heavy (non-hydrogen) atoms. The highest BCUT2D eigenvalue weighted by atomic mass is 16.5. The number of nitrogen functional groups attached to an aromatic ring is 1. The van der Waals surface area contributed by atoms with Crippen molar-refractivity contribution in [1.29, 1.82) is 0 Å². The van der Waals surface area contributed by atoms with Crippen molar-refractivity contribution in [1.82, 2.24) is 14.5 Å². The van der Waals surface area contributed by atoms with Gasteiger partial charge in [0.2, 0.25) is 5.91 Å². The Bertz CT molecular complexity index is 1210. The van der Waals surface area contributed by atoms with Crippen LogP contribution >= 0.6 is 0 Å². The van der Waals surface area contributed by atoms with Crippen LogP contribution in [0.4, 0.5) is 11.5 Å². The molecule has 0 unspecified atom stereocenters. The van der Waals surface area contributed by atoms with Gasteiger partial charge in [-0.05, 0) is 12.3 Å². The van der Waals surface area contributed by atoms with E-state index in [1.807, 2.05) is 44.2 Å². The van der Waals surface area contributed by atoms with Crippen LogP contribution in [0.5, 0.6) is 0 Å². The van der Waals surface area contributed by atoms with E-state index in [4.69, 9.17) is 14.9 Å². The molecular weight excluding hydrogens is 438 g/mol. The summed E-state index contributed by atoms with van der Waals surface area (Å²) in [5.74, 6) is 0.774. The van der Waals surface area contributed by atoms with Gasteiger partial charge in [0.15, 0.2) is 17.3 Å². The van der Waals surface area contributed by atoms with Crippen LogP contribution in [-0.2, 0) is 22.5 Å². The first-order chi connectivity index (χ1) is 16.3. The Morgan fingerprint density at radius 3 is 2.68 bits per heavy atom. The molecule has 10 heteroatoms. The van der Waals surface area contributed by atoms with Gasteiger partial charge in [-0.25, -0.2) is 9.78 Å². The van der Waals surface area contributed by atoms with E-state index in [0.717, 1.165) is 5.56 Å². The molecule has 182 valence electrons. The number of carbonyl (C=O) groups is 1. The molecule has 0 aliphatic heterocycles. The van der Waals surface area contributed by atoms with Crippen LogP contribution in [0.15, 0.2) is 50.5 Å². The summed E-state index contributed by atoms with van der Waals surface area (Å²) in [6, 6.07) is 9.54. The molecule has 0 bridgehead atoms. The summed E-state index contributed by atoms with van der Waals surface area (Å²) >= 11 is 0. The topological polar surface area (TPSA) is 136 Å². The third-order valence-corrected chi connectivity index (χ3v) is 5.23. The van der Waals surface area contributed by atoms with Crippen molar-refractivity contribution in [2.24, 2.45) is 5.92 Å². The Labute approximate surface area is 197 Å². The molecule has 0 saturated heterocycles. The number of methoxy groups -OCH3 is 1. The van der Waals surface area contributed by atoms with E-state index in [-0.39, 0.29) is 42.7 Å². The number of nitrogens with two attached hydrogens (primary N) is 1. The van der Waals surface area contributed by atoms with Crippen LogP contribution in [0.3, 0.4) is 0 Å². The summed E-state index contributed by atoms with van der Waals surface area (Å²) in [6.07, 6.45) is 2.40. The number of nitrogens with zero attached hydrogens (tertiary/aromatic N) is 3. The van der Waals surface area contributed by atoms with Crippen LogP contribution in [0.2, 0.25) is 0 Å². The van der Waals surface area contributed by atoms with E-state index in [9.17, 15) is 14.4 Å². The molecule has 2 heterocycles. The molecule has 0 spiro atoms. The molecule has 0 atom stereocenters. The number of benzene rings is 1. The van der Waals surface area contributed by atoms with Crippen LogP contribution in [0, 0.1) is 5.92 Å². The third-order valence-electron chi connectivity index (χ3n) is 5.23. The van der Waals surface area contributed by atoms with Gasteiger partial charge in [-0.1, -0.05) is 44.2 Å². The van der Waals surface area contributed by atoms with Crippen LogP contribution in [0.1, 0.15) is 32.6 Å². The molecule has 0 radical (unpaired) electrons. The maximum Gasteiger partial charge on any atom is 0.330 e. The molecule has 1 amide bonds.